The highest BCUT2D eigenvalue weighted by Gasteiger charge is 2.17. The fourth-order valence-electron chi connectivity index (χ4n) is 2.61. The summed E-state index contributed by atoms with van der Waals surface area (Å²) in [5.74, 6) is 0. The number of hydrogen-bond acceptors (Lipinski definition) is 2. The molecular formula is C15H24N2. The van der Waals surface area contributed by atoms with Crippen LogP contribution in [0.15, 0.2) is 30.3 Å². The van der Waals surface area contributed by atoms with Crippen molar-refractivity contribution >= 4 is 0 Å². The second kappa shape index (κ2) is 6.18. The molecule has 0 amide bonds. The molecule has 1 aromatic carbocycles. The molecule has 0 aliphatic carbocycles. The van der Waals surface area contributed by atoms with E-state index in [9.17, 15) is 0 Å². The van der Waals surface area contributed by atoms with E-state index in [0.29, 0.717) is 12.1 Å². The zero-order valence-electron chi connectivity index (χ0n) is 11.0. The third-order valence-electron chi connectivity index (χ3n) is 3.54. The number of rotatable bonds is 3. The van der Waals surface area contributed by atoms with Crippen LogP contribution in [0.5, 0.6) is 0 Å². The Labute approximate surface area is 105 Å². The minimum Gasteiger partial charge on any atom is -0.310 e. The molecule has 2 heteroatoms. The lowest BCUT2D eigenvalue weighted by Gasteiger charge is -2.22. The van der Waals surface area contributed by atoms with Crippen LogP contribution < -0.4 is 5.32 Å². The Bertz CT molecular complexity index is 323. The average Bonchev–Trinajstić information content (AvgIpc) is 2.49. The van der Waals surface area contributed by atoms with Crippen molar-refractivity contribution in [3.8, 4) is 0 Å². The molecule has 0 spiro atoms. The van der Waals surface area contributed by atoms with Crippen molar-refractivity contribution in [1.29, 1.82) is 0 Å². The number of hydrogen-bond donors (Lipinski definition) is 1. The zero-order valence-corrected chi connectivity index (χ0v) is 11.0. The van der Waals surface area contributed by atoms with Crippen LogP contribution in [0.1, 0.15) is 25.8 Å². The van der Waals surface area contributed by atoms with Crippen LogP contribution in [0.3, 0.4) is 0 Å². The van der Waals surface area contributed by atoms with Gasteiger partial charge in [0.15, 0.2) is 0 Å². The minimum absolute atomic E-state index is 0.614. The maximum absolute atomic E-state index is 3.63. The highest BCUT2D eigenvalue weighted by molar-refractivity contribution is 5.14. The SMILES string of the molecule is CC1CCN(CCc2ccccc2)CC(C)N1. The van der Waals surface area contributed by atoms with Crippen LogP contribution in [0, 0.1) is 0 Å². The average molecular weight is 232 g/mol. The molecule has 94 valence electrons. The van der Waals surface area contributed by atoms with Gasteiger partial charge < -0.3 is 10.2 Å². The number of nitrogens with one attached hydrogen (secondary N) is 1. The van der Waals surface area contributed by atoms with Gasteiger partial charge in [0.1, 0.15) is 0 Å². The van der Waals surface area contributed by atoms with Crippen LogP contribution in [-0.4, -0.2) is 36.6 Å². The van der Waals surface area contributed by atoms with E-state index in [-0.39, 0.29) is 0 Å². The molecule has 1 aliphatic rings. The van der Waals surface area contributed by atoms with E-state index in [1.165, 1.54) is 38.0 Å². The molecule has 2 rings (SSSR count). The van der Waals surface area contributed by atoms with E-state index in [0.717, 1.165) is 0 Å². The number of benzene rings is 1. The molecule has 1 aliphatic heterocycles. The quantitative estimate of drug-likeness (QED) is 0.860. The summed E-state index contributed by atoms with van der Waals surface area (Å²) in [7, 11) is 0. The van der Waals surface area contributed by atoms with Gasteiger partial charge in [0.25, 0.3) is 0 Å². The Morgan fingerprint density at radius 1 is 1.18 bits per heavy atom. The normalized spacial score (nSPS) is 26.7. The highest BCUT2D eigenvalue weighted by Crippen LogP contribution is 2.07. The lowest BCUT2D eigenvalue weighted by Crippen LogP contribution is -2.38. The van der Waals surface area contributed by atoms with Crippen molar-refractivity contribution in [1.82, 2.24) is 10.2 Å². The Hall–Kier alpha value is -0.860. The minimum atomic E-state index is 0.614. The predicted octanol–water partition coefficient (Wildman–Crippen LogP) is 2.30. The van der Waals surface area contributed by atoms with E-state index in [1.807, 2.05) is 0 Å². The first kappa shape index (κ1) is 12.6. The molecule has 2 unspecified atom stereocenters. The summed E-state index contributed by atoms with van der Waals surface area (Å²) >= 11 is 0. The van der Waals surface area contributed by atoms with Gasteiger partial charge in [-0.25, -0.2) is 0 Å². The largest absolute Gasteiger partial charge is 0.310 e. The smallest absolute Gasteiger partial charge is 0.0169 e. The lowest BCUT2D eigenvalue weighted by atomic mass is 10.1. The molecule has 17 heavy (non-hydrogen) atoms. The first-order valence-electron chi connectivity index (χ1n) is 6.76. The molecule has 0 radical (unpaired) electrons. The van der Waals surface area contributed by atoms with Crippen LogP contribution in [0.4, 0.5) is 0 Å². The van der Waals surface area contributed by atoms with E-state index in [4.69, 9.17) is 0 Å². The molecule has 0 aromatic heterocycles. The maximum atomic E-state index is 3.63. The molecule has 1 heterocycles. The standard InChI is InChI=1S/C15H24N2/c1-13-8-10-17(12-14(2)16-13)11-9-15-6-4-3-5-7-15/h3-7,13-14,16H,8-12H2,1-2H3. The Morgan fingerprint density at radius 2 is 1.94 bits per heavy atom. The summed E-state index contributed by atoms with van der Waals surface area (Å²) in [5.41, 5.74) is 1.45. The van der Waals surface area contributed by atoms with Gasteiger partial charge in [-0.1, -0.05) is 30.3 Å². The molecule has 1 N–H and O–H groups in total. The Kier molecular flexibility index (Phi) is 4.57. The van der Waals surface area contributed by atoms with E-state index in [2.05, 4.69) is 54.4 Å². The molecule has 1 aromatic rings. The van der Waals surface area contributed by atoms with Crippen LogP contribution in [0.25, 0.3) is 0 Å². The second-order valence-electron chi connectivity index (χ2n) is 5.29. The van der Waals surface area contributed by atoms with Crippen molar-refractivity contribution < 1.29 is 0 Å². The first-order valence-corrected chi connectivity index (χ1v) is 6.76. The first-order chi connectivity index (χ1) is 8.24. The maximum Gasteiger partial charge on any atom is 0.0169 e. The summed E-state index contributed by atoms with van der Waals surface area (Å²) in [6.07, 6.45) is 2.43. The van der Waals surface area contributed by atoms with Gasteiger partial charge in [-0.3, -0.25) is 0 Å². The molecule has 2 atom stereocenters. The summed E-state index contributed by atoms with van der Waals surface area (Å²) in [5, 5.41) is 3.63. The van der Waals surface area contributed by atoms with Gasteiger partial charge in [0.05, 0.1) is 0 Å². The van der Waals surface area contributed by atoms with Crippen molar-refractivity contribution in [3.05, 3.63) is 35.9 Å². The van der Waals surface area contributed by atoms with E-state index >= 15 is 0 Å². The van der Waals surface area contributed by atoms with E-state index in [1.54, 1.807) is 0 Å². The monoisotopic (exact) mass is 232 g/mol. The molecule has 0 bridgehead atoms. The predicted molar refractivity (Wildman–Crippen MR) is 73.3 cm³/mol. The van der Waals surface area contributed by atoms with Crippen molar-refractivity contribution in [2.75, 3.05) is 19.6 Å². The summed E-state index contributed by atoms with van der Waals surface area (Å²) in [6.45, 7) is 8.17. The third kappa shape index (κ3) is 4.14. The van der Waals surface area contributed by atoms with Crippen molar-refractivity contribution in [2.45, 2.75) is 38.8 Å². The van der Waals surface area contributed by atoms with Gasteiger partial charge in [-0.2, -0.15) is 0 Å². The lowest BCUT2D eigenvalue weighted by molar-refractivity contribution is 0.276. The van der Waals surface area contributed by atoms with Crippen LogP contribution in [-0.2, 0) is 6.42 Å². The molecule has 2 nitrogen and oxygen atoms in total. The van der Waals surface area contributed by atoms with Crippen LogP contribution >= 0.6 is 0 Å². The Morgan fingerprint density at radius 3 is 2.71 bits per heavy atom. The summed E-state index contributed by atoms with van der Waals surface area (Å²) < 4.78 is 0. The summed E-state index contributed by atoms with van der Waals surface area (Å²) in [6, 6.07) is 12.1. The van der Waals surface area contributed by atoms with Crippen molar-refractivity contribution in [3.63, 3.8) is 0 Å². The topological polar surface area (TPSA) is 15.3 Å². The fraction of sp³-hybridized carbons (Fsp3) is 0.600. The van der Waals surface area contributed by atoms with Gasteiger partial charge in [0.2, 0.25) is 0 Å². The van der Waals surface area contributed by atoms with Crippen molar-refractivity contribution in [2.24, 2.45) is 0 Å². The van der Waals surface area contributed by atoms with Gasteiger partial charge in [-0.05, 0) is 38.8 Å². The van der Waals surface area contributed by atoms with Gasteiger partial charge >= 0.3 is 0 Å². The zero-order chi connectivity index (χ0) is 12.1. The van der Waals surface area contributed by atoms with Gasteiger partial charge in [0, 0.05) is 25.2 Å². The third-order valence-corrected chi connectivity index (χ3v) is 3.54. The van der Waals surface area contributed by atoms with Gasteiger partial charge in [-0.15, -0.1) is 0 Å². The summed E-state index contributed by atoms with van der Waals surface area (Å²) in [4.78, 5) is 2.59. The second-order valence-corrected chi connectivity index (χ2v) is 5.29. The van der Waals surface area contributed by atoms with Crippen LogP contribution in [0.2, 0.25) is 0 Å². The van der Waals surface area contributed by atoms with E-state index < -0.39 is 0 Å². The molecule has 1 saturated heterocycles. The molecule has 1 fully saturated rings. The molecular weight excluding hydrogens is 208 g/mol. The highest BCUT2D eigenvalue weighted by atomic mass is 15.2. The fourth-order valence-corrected chi connectivity index (χ4v) is 2.61. The Balaban J connectivity index is 1.82. The molecule has 0 saturated carbocycles. The number of nitrogens with zero attached hydrogens (tertiary/aromatic N) is 1.